The number of carboxylic acid groups (broad SMARTS) is 1. The molecule has 0 radical (unpaired) electrons. The molecule has 1 saturated heterocycles. The molecule has 0 bridgehead atoms. The molecule has 1 heterocycles. The van der Waals surface area contributed by atoms with Crippen LogP contribution >= 0.6 is 11.8 Å². The number of halogens is 3. The van der Waals surface area contributed by atoms with E-state index in [1.54, 1.807) is 30.3 Å². The van der Waals surface area contributed by atoms with E-state index in [9.17, 15) is 22.8 Å². The zero-order chi connectivity index (χ0) is 21.0. The van der Waals surface area contributed by atoms with E-state index in [2.05, 4.69) is 15.5 Å². The van der Waals surface area contributed by atoms with Crippen LogP contribution in [0.2, 0.25) is 0 Å². The molecule has 29 heavy (non-hydrogen) atoms. The molecule has 3 rings (SSSR count). The molecule has 2 N–H and O–H groups in total. The molecule has 1 amide bonds. The van der Waals surface area contributed by atoms with Crippen molar-refractivity contribution in [2.75, 3.05) is 0 Å². The van der Waals surface area contributed by atoms with Crippen molar-refractivity contribution in [2.24, 2.45) is 10.2 Å². The maximum Gasteiger partial charge on any atom is 0.416 e. The Balaban J connectivity index is 1.67. The van der Waals surface area contributed by atoms with Gasteiger partial charge in [0.25, 0.3) is 0 Å². The second kappa shape index (κ2) is 8.48. The predicted molar refractivity (Wildman–Crippen MR) is 104 cm³/mol. The standard InChI is InChI=1S/C19H14F3N3O3S/c20-19(21,22)14-3-1-2-13(8-14)12-6-4-11(5-7-12)10-23-25-18-24-17(28)15(29-18)9-16(26)27/h1-8,10,15H,9H2,(H,26,27)(H,24,25,28). The van der Waals surface area contributed by atoms with Crippen LogP contribution in [0.4, 0.5) is 13.2 Å². The monoisotopic (exact) mass is 421 g/mol. The summed E-state index contributed by atoms with van der Waals surface area (Å²) in [4.78, 5) is 22.3. The highest BCUT2D eigenvalue weighted by Crippen LogP contribution is 2.32. The fourth-order valence-corrected chi connectivity index (χ4v) is 3.45. The highest BCUT2D eigenvalue weighted by atomic mass is 32.2. The largest absolute Gasteiger partial charge is 0.481 e. The van der Waals surface area contributed by atoms with Crippen LogP contribution in [-0.2, 0) is 15.8 Å². The molecule has 1 fully saturated rings. The highest BCUT2D eigenvalue weighted by molar-refractivity contribution is 8.15. The van der Waals surface area contributed by atoms with Gasteiger partial charge in [-0.2, -0.15) is 18.3 Å². The predicted octanol–water partition coefficient (Wildman–Crippen LogP) is 3.77. The number of amidine groups is 1. The van der Waals surface area contributed by atoms with Crippen molar-refractivity contribution in [3.8, 4) is 11.1 Å². The van der Waals surface area contributed by atoms with Crippen molar-refractivity contribution in [3.05, 3.63) is 59.7 Å². The van der Waals surface area contributed by atoms with Crippen LogP contribution in [0.3, 0.4) is 0 Å². The van der Waals surface area contributed by atoms with E-state index in [0.717, 1.165) is 23.9 Å². The number of aliphatic carboxylic acids is 1. The molecule has 1 unspecified atom stereocenters. The third-order valence-corrected chi connectivity index (χ3v) is 5.00. The number of hydrogen-bond donors (Lipinski definition) is 2. The average Bonchev–Trinajstić information content (AvgIpc) is 3.00. The lowest BCUT2D eigenvalue weighted by Gasteiger charge is -2.09. The molecule has 1 aliphatic heterocycles. The van der Waals surface area contributed by atoms with Crippen molar-refractivity contribution in [1.29, 1.82) is 0 Å². The zero-order valence-corrected chi connectivity index (χ0v) is 15.5. The number of carbonyl (C=O) groups excluding carboxylic acids is 1. The first-order valence-corrected chi connectivity index (χ1v) is 9.18. The van der Waals surface area contributed by atoms with Crippen LogP contribution in [0.25, 0.3) is 11.1 Å². The van der Waals surface area contributed by atoms with Crippen LogP contribution in [0, 0.1) is 0 Å². The van der Waals surface area contributed by atoms with Gasteiger partial charge in [-0.1, -0.05) is 48.2 Å². The molecular weight excluding hydrogens is 407 g/mol. The third kappa shape index (κ3) is 5.44. The van der Waals surface area contributed by atoms with Gasteiger partial charge in [-0.05, 0) is 28.8 Å². The van der Waals surface area contributed by atoms with Gasteiger partial charge >= 0.3 is 12.1 Å². The van der Waals surface area contributed by atoms with Gasteiger partial charge < -0.3 is 10.4 Å². The van der Waals surface area contributed by atoms with Gasteiger partial charge in [0.2, 0.25) is 5.91 Å². The Labute approximate surface area is 167 Å². The summed E-state index contributed by atoms with van der Waals surface area (Å²) < 4.78 is 38.5. The number of rotatable bonds is 5. The van der Waals surface area contributed by atoms with Crippen molar-refractivity contribution >= 4 is 35.0 Å². The van der Waals surface area contributed by atoms with E-state index in [4.69, 9.17) is 5.11 Å². The second-order valence-corrected chi connectivity index (χ2v) is 7.24. The molecule has 0 saturated carbocycles. The lowest BCUT2D eigenvalue weighted by Crippen LogP contribution is -2.26. The highest BCUT2D eigenvalue weighted by Gasteiger charge is 2.32. The second-order valence-electron chi connectivity index (χ2n) is 6.04. The Morgan fingerprint density at radius 1 is 1.17 bits per heavy atom. The maximum atomic E-state index is 12.8. The van der Waals surface area contributed by atoms with E-state index in [1.165, 1.54) is 12.3 Å². The minimum Gasteiger partial charge on any atom is -0.481 e. The summed E-state index contributed by atoms with van der Waals surface area (Å²) in [7, 11) is 0. The first-order chi connectivity index (χ1) is 13.7. The lowest BCUT2D eigenvalue weighted by molar-refractivity contribution is -0.138. The van der Waals surface area contributed by atoms with Crippen LogP contribution in [-0.4, -0.2) is 33.6 Å². The number of hydrogen-bond acceptors (Lipinski definition) is 5. The average molecular weight is 421 g/mol. The number of carbonyl (C=O) groups is 2. The van der Waals surface area contributed by atoms with Gasteiger partial charge in [0.1, 0.15) is 5.25 Å². The molecule has 2 aromatic rings. The molecule has 6 nitrogen and oxygen atoms in total. The third-order valence-electron chi connectivity index (χ3n) is 3.93. The minimum absolute atomic E-state index is 0.207. The number of amides is 1. The van der Waals surface area contributed by atoms with E-state index < -0.39 is 28.9 Å². The van der Waals surface area contributed by atoms with E-state index in [1.807, 2.05) is 0 Å². The van der Waals surface area contributed by atoms with Gasteiger partial charge in [0, 0.05) is 0 Å². The molecule has 0 spiro atoms. The van der Waals surface area contributed by atoms with Crippen molar-refractivity contribution in [2.45, 2.75) is 17.8 Å². The Morgan fingerprint density at radius 2 is 1.90 bits per heavy atom. The summed E-state index contributed by atoms with van der Waals surface area (Å²) in [5.74, 6) is -1.51. The Morgan fingerprint density at radius 3 is 2.55 bits per heavy atom. The first kappa shape index (κ1) is 20.6. The lowest BCUT2D eigenvalue weighted by atomic mass is 10.0. The van der Waals surface area contributed by atoms with Gasteiger partial charge in [0.15, 0.2) is 5.17 Å². The van der Waals surface area contributed by atoms with E-state index >= 15 is 0 Å². The van der Waals surface area contributed by atoms with Gasteiger partial charge in [-0.25, -0.2) is 0 Å². The number of nitrogens with zero attached hydrogens (tertiary/aromatic N) is 2. The summed E-state index contributed by atoms with van der Waals surface area (Å²) in [6.07, 6.45) is -3.30. The van der Waals surface area contributed by atoms with Crippen LogP contribution < -0.4 is 5.32 Å². The van der Waals surface area contributed by atoms with Crippen molar-refractivity contribution < 1.29 is 27.9 Å². The zero-order valence-electron chi connectivity index (χ0n) is 14.7. The molecule has 0 aromatic heterocycles. The molecule has 1 aliphatic rings. The number of thioether (sulfide) groups is 1. The van der Waals surface area contributed by atoms with Gasteiger partial charge in [0.05, 0.1) is 18.2 Å². The summed E-state index contributed by atoms with van der Waals surface area (Å²) in [5.41, 5.74) is 1.00. The Hall–Kier alpha value is -3.14. The fraction of sp³-hybridized carbons (Fsp3) is 0.158. The van der Waals surface area contributed by atoms with Crippen LogP contribution in [0.5, 0.6) is 0 Å². The Kier molecular flexibility index (Phi) is 6.02. The number of alkyl halides is 3. The SMILES string of the molecule is O=C(O)CC1SC(=NN=Cc2ccc(-c3cccc(C(F)(F)F)c3)cc2)NC1=O. The van der Waals surface area contributed by atoms with E-state index in [-0.39, 0.29) is 11.6 Å². The number of benzene rings is 2. The maximum absolute atomic E-state index is 12.8. The summed E-state index contributed by atoms with van der Waals surface area (Å²) in [6, 6.07) is 11.7. The van der Waals surface area contributed by atoms with Crippen molar-refractivity contribution in [3.63, 3.8) is 0 Å². The molecule has 1 atom stereocenters. The van der Waals surface area contributed by atoms with Gasteiger partial charge in [-0.3, -0.25) is 9.59 Å². The van der Waals surface area contributed by atoms with Crippen LogP contribution in [0.1, 0.15) is 17.5 Å². The normalized spacial score (nSPS) is 18.4. The summed E-state index contributed by atoms with van der Waals surface area (Å²) in [5, 5.41) is 18.4. The fourth-order valence-electron chi connectivity index (χ4n) is 2.53. The van der Waals surface area contributed by atoms with E-state index in [0.29, 0.717) is 16.7 Å². The molecule has 150 valence electrons. The quantitative estimate of drug-likeness (QED) is 0.568. The number of nitrogens with one attached hydrogen (secondary N) is 1. The summed E-state index contributed by atoms with van der Waals surface area (Å²) in [6.45, 7) is 0. The Bertz CT molecular complexity index is 988. The summed E-state index contributed by atoms with van der Waals surface area (Å²) >= 11 is 0.988. The number of carboxylic acids is 1. The topological polar surface area (TPSA) is 91.1 Å². The smallest absolute Gasteiger partial charge is 0.416 e. The molecular formula is C19H14F3N3O3S. The van der Waals surface area contributed by atoms with Crippen LogP contribution in [0.15, 0.2) is 58.7 Å². The van der Waals surface area contributed by atoms with Gasteiger partial charge in [-0.15, -0.1) is 5.10 Å². The minimum atomic E-state index is -4.40. The van der Waals surface area contributed by atoms with Crippen molar-refractivity contribution in [1.82, 2.24) is 5.32 Å². The molecule has 2 aromatic carbocycles. The first-order valence-electron chi connectivity index (χ1n) is 8.30. The molecule has 10 heteroatoms. The molecule has 0 aliphatic carbocycles.